The van der Waals surface area contributed by atoms with E-state index in [4.69, 9.17) is 0 Å². The van der Waals surface area contributed by atoms with Gasteiger partial charge in [-0.05, 0) is 44.9 Å². The number of nitrogens with one attached hydrogen (secondary N) is 3. The van der Waals surface area contributed by atoms with Crippen molar-refractivity contribution in [3.05, 3.63) is 29.8 Å². The quantitative estimate of drug-likeness (QED) is 0.732. The zero-order valence-electron chi connectivity index (χ0n) is 14.6. The Morgan fingerprint density at radius 3 is 2.60 bits per heavy atom. The van der Waals surface area contributed by atoms with Crippen LogP contribution in [0.15, 0.2) is 24.3 Å². The SMILES string of the molecule is CC(C)Nc1cccc(C(=O)NN2C(=O)NC3(CCCCC3)C2=O)c1. The van der Waals surface area contributed by atoms with Crippen LogP contribution in [0.25, 0.3) is 0 Å². The van der Waals surface area contributed by atoms with Crippen molar-refractivity contribution in [1.82, 2.24) is 15.8 Å². The van der Waals surface area contributed by atoms with Crippen LogP contribution in [0.2, 0.25) is 0 Å². The number of hydrogen-bond acceptors (Lipinski definition) is 4. The highest BCUT2D eigenvalue weighted by Gasteiger charge is 2.52. The molecule has 1 aliphatic heterocycles. The minimum atomic E-state index is -0.844. The Morgan fingerprint density at radius 1 is 1.20 bits per heavy atom. The van der Waals surface area contributed by atoms with Crippen molar-refractivity contribution in [3.8, 4) is 0 Å². The summed E-state index contributed by atoms with van der Waals surface area (Å²) in [4.78, 5) is 37.4. The lowest BCUT2D eigenvalue weighted by atomic mass is 9.82. The molecule has 2 fully saturated rings. The molecule has 1 saturated carbocycles. The first-order valence-corrected chi connectivity index (χ1v) is 8.76. The van der Waals surface area contributed by atoms with Crippen molar-refractivity contribution in [2.75, 3.05) is 5.32 Å². The van der Waals surface area contributed by atoms with Crippen LogP contribution in [0.4, 0.5) is 10.5 Å². The van der Waals surface area contributed by atoms with Crippen LogP contribution < -0.4 is 16.1 Å². The number of hydrogen-bond donors (Lipinski definition) is 3. The number of anilines is 1. The van der Waals surface area contributed by atoms with E-state index in [-0.39, 0.29) is 11.9 Å². The van der Waals surface area contributed by atoms with Crippen molar-refractivity contribution in [3.63, 3.8) is 0 Å². The third-order valence-electron chi connectivity index (χ3n) is 4.66. The van der Waals surface area contributed by atoms with Gasteiger partial charge in [0.1, 0.15) is 5.54 Å². The van der Waals surface area contributed by atoms with E-state index in [0.29, 0.717) is 18.4 Å². The van der Waals surface area contributed by atoms with E-state index in [2.05, 4.69) is 16.1 Å². The third kappa shape index (κ3) is 3.45. The van der Waals surface area contributed by atoms with E-state index in [1.165, 1.54) is 0 Å². The fourth-order valence-corrected chi connectivity index (χ4v) is 3.47. The van der Waals surface area contributed by atoms with Gasteiger partial charge in [0.2, 0.25) is 0 Å². The first-order chi connectivity index (χ1) is 11.9. The number of nitrogens with zero attached hydrogens (tertiary/aromatic N) is 1. The second-order valence-electron chi connectivity index (χ2n) is 7.03. The minimum Gasteiger partial charge on any atom is -0.383 e. The molecule has 0 radical (unpaired) electrons. The van der Waals surface area contributed by atoms with E-state index in [1.807, 2.05) is 19.9 Å². The first kappa shape index (κ1) is 17.3. The molecule has 0 atom stereocenters. The van der Waals surface area contributed by atoms with E-state index in [9.17, 15) is 14.4 Å². The molecule has 1 aromatic rings. The molecule has 1 spiro atoms. The van der Waals surface area contributed by atoms with Gasteiger partial charge in [-0.1, -0.05) is 25.3 Å². The van der Waals surface area contributed by atoms with E-state index < -0.39 is 17.5 Å². The predicted octanol–water partition coefficient (Wildman–Crippen LogP) is 2.41. The van der Waals surface area contributed by atoms with Gasteiger partial charge in [0.15, 0.2) is 0 Å². The third-order valence-corrected chi connectivity index (χ3v) is 4.66. The molecule has 1 aromatic carbocycles. The van der Waals surface area contributed by atoms with Crippen LogP contribution in [0.3, 0.4) is 0 Å². The number of carbonyl (C=O) groups excluding carboxylic acids is 3. The molecule has 7 heteroatoms. The maximum absolute atomic E-state index is 12.7. The number of hydrazine groups is 1. The van der Waals surface area contributed by atoms with Crippen LogP contribution in [0.5, 0.6) is 0 Å². The fraction of sp³-hybridized carbons (Fsp3) is 0.500. The summed E-state index contributed by atoms with van der Waals surface area (Å²) >= 11 is 0. The van der Waals surface area contributed by atoms with Crippen molar-refractivity contribution < 1.29 is 14.4 Å². The van der Waals surface area contributed by atoms with Crippen molar-refractivity contribution in [2.45, 2.75) is 57.5 Å². The van der Waals surface area contributed by atoms with Gasteiger partial charge in [-0.2, -0.15) is 5.01 Å². The Morgan fingerprint density at radius 2 is 1.92 bits per heavy atom. The van der Waals surface area contributed by atoms with Gasteiger partial charge in [0.05, 0.1) is 0 Å². The molecule has 134 valence electrons. The number of amides is 4. The first-order valence-electron chi connectivity index (χ1n) is 8.76. The largest absolute Gasteiger partial charge is 0.383 e. The van der Waals surface area contributed by atoms with E-state index in [1.54, 1.807) is 18.2 Å². The van der Waals surface area contributed by atoms with E-state index in [0.717, 1.165) is 30.0 Å². The molecule has 3 rings (SSSR count). The summed E-state index contributed by atoms with van der Waals surface area (Å²) in [5, 5.41) is 6.82. The Labute approximate surface area is 147 Å². The summed E-state index contributed by atoms with van der Waals surface area (Å²) in [7, 11) is 0. The number of rotatable bonds is 4. The fourth-order valence-electron chi connectivity index (χ4n) is 3.47. The molecule has 7 nitrogen and oxygen atoms in total. The van der Waals surface area contributed by atoms with Crippen LogP contribution in [0, 0.1) is 0 Å². The number of urea groups is 1. The molecule has 2 aliphatic rings. The summed E-state index contributed by atoms with van der Waals surface area (Å²) in [6.45, 7) is 4.01. The summed E-state index contributed by atoms with van der Waals surface area (Å²) in [5.41, 5.74) is 2.80. The van der Waals surface area contributed by atoms with Crippen LogP contribution >= 0.6 is 0 Å². The standard InChI is InChI=1S/C18H24N4O3/c1-12(2)19-14-8-6-7-13(11-14)15(23)21-22-16(24)18(20-17(22)25)9-4-3-5-10-18/h6-8,11-12,19H,3-5,9-10H2,1-2H3,(H,20,25)(H,21,23). The average Bonchev–Trinajstić information content (AvgIpc) is 2.79. The Kier molecular flexibility index (Phi) is 4.65. The lowest BCUT2D eigenvalue weighted by molar-refractivity contribution is -0.134. The molecule has 1 saturated heterocycles. The highest BCUT2D eigenvalue weighted by Crippen LogP contribution is 2.33. The zero-order chi connectivity index (χ0) is 18.0. The van der Waals surface area contributed by atoms with Gasteiger partial charge in [0, 0.05) is 17.3 Å². The summed E-state index contributed by atoms with van der Waals surface area (Å²) in [5.74, 6) is -0.842. The Balaban J connectivity index is 1.72. The Bertz CT molecular complexity index is 695. The molecule has 4 amide bonds. The molecule has 0 unspecified atom stereocenters. The van der Waals surface area contributed by atoms with Gasteiger partial charge in [-0.3, -0.25) is 15.0 Å². The highest BCUT2D eigenvalue weighted by molar-refractivity contribution is 6.09. The molecule has 0 bridgehead atoms. The van der Waals surface area contributed by atoms with Crippen LogP contribution in [-0.4, -0.2) is 34.4 Å². The highest BCUT2D eigenvalue weighted by atomic mass is 16.2. The molecule has 1 aliphatic carbocycles. The lowest BCUT2D eigenvalue weighted by Crippen LogP contribution is -2.50. The smallest absolute Gasteiger partial charge is 0.344 e. The van der Waals surface area contributed by atoms with Gasteiger partial charge in [-0.15, -0.1) is 0 Å². The average molecular weight is 344 g/mol. The van der Waals surface area contributed by atoms with E-state index >= 15 is 0 Å². The topological polar surface area (TPSA) is 90.5 Å². The van der Waals surface area contributed by atoms with Crippen molar-refractivity contribution >= 4 is 23.5 Å². The van der Waals surface area contributed by atoms with Gasteiger partial charge in [0.25, 0.3) is 11.8 Å². The molecule has 1 heterocycles. The second-order valence-corrected chi connectivity index (χ2v) is 7.03. The lowest BCUT2D eigenvalue weighted by Gasteiger charge is -2.30. The normalized spacial score (nSPS) is 19.2. The summed E-state index contributed by atoms with van der Waals surface area (Å²) in [6.07, 6.45) is 4.11. The maximum Gasteiger partial charge on any atom is 0.344 e. The molecule has 25 heavy (non-hydrogen) atoms. The number of carbonyl (C=O) groups is 3. The number of imide groups is 1. The molecule has 3 N–H and O–H groups in total. The van der Waals surface area contributed by atoms with Crippen molar-refractivity contribution in [2.24, 2.45) is 0 Å². The predicted molar refractivity (Wildman–Crippen MR) is 93.9 cm³/mol. The number of benzene rings is 1. The second kappa shape index (κ2) is 6.74. The van der Waals surface area contributed by atoms with Gasteiger partial charge < -0.3 is 10.6 Å². The molecular formula is C18H24N4O3. The zero-order valence-corrected chi connectivity index (χ0v) is 14.6. The summed E-state index contributed by atoms with van der Waals surface area (Å²) in [6, 6.07) is 6.64. The van der Waals surface area contributed by atoms with Crippen LogP contribution in [0.1, 0.15) is 56.3 Å². The Hall–Kier alpha value is -2.57. The maximum atomic E-state index is 12.7. The molecule has 0 aromatic heterocycles. The minimum absolute atomic E-state index is 0.232. The van der Waals surface area contributed by atoms with Gasteiger partial charge >= 0.3 is 6.03 Å². The van der Waals surface area contributed by atoms with Gasteiger partial charge in [-0.25, -0.2) is 4.79 Å². The van der Waals surface area contributed by atoms with Crippen molar-refractivity contribution in [1.29, 1.82) is 0 Å². The molecular weight excluding hydrogens is 320 g/mol. The van der Waals surface area contributed by atoms with Crippen LogP contribution in [-0.2, 0) is 4.79 Å². The monoisotopic (exact) mass is 344 g/mol. The summed E-state index contributed by atoms with van der Waals surface area (Å²) < 4.78 is 0.